The monoisotopic (exact) mass is 299 g/mol. The Hall–Kier alpha value is -1.36. The van der Waals surface area contributed by atoms with Gasteiger partial charge in [-0.1, -0.05) is 0 Å². The van der Waals surface area contributed by atoms with Crippen molar-refractivity contribution in [2.45, 2.75) is 19.9 Å². The largest absolute Gasteiger partial charge is 0.503 e. The number of hydrogen-bond acceptors (Lipinski definition) is 2. The molecule has 1 aromatic carbocycles. The zero-order valence-corrected chi connectivity index (χ0v) is 11.0. The van der Waals surface area contributed by atoms with Crippen LogP contribution >= 0.6 is 15.9 Å². The Morgan fingerprint density at radius 2 is 2.06 bits per heavy atom. The van der Waals surface area contributed by atoms with Gasteiger partial charge in [0.1, 0.15) is 5.82 Å². The van der Waals surface area contributed by atoms with Gasteiger partial charge in [0.05, 0.1) is 9.99 Å². The van der Waals surface area contributed by atoms with E-state index in [9.17, 15) is 14.3 Å². The Bertz CT molecular complexity index is 649. The van der Waals surface area contributed by atoms with Crippen LogP contribution in [0.1, 0.15) is 19.9 Å². The van der Waals surface area contributed by atoms with Crippen molar-refractivity contribution >= 4 is 26.8 Å². The van der Waals surface area contributed by atoms with Crippen LogP contribution in [0.4, 0.5) is 4.39 Å². The van der Waals surface area contributed by atoms with E-state index >= 15 is 0 Å². The van der Waals surface area contributed by atoms with Gasteiger partial charge in [-0.2, -0.15) is 0 Å². The molecule has 17 heavy (non-hydrogen) atoms. The van der Waals surface area contributed by atoms with E-state index in [2.05, 4.69) is 15.9 Å². The number of fused-ring (bicyclic) bond motifs is 1. The molecule has 0 atom stereocenters. The van der Waals surface area contributed by atoms with E-state index in [1.54, 1.807) is 26.0 Å². The average molecular weight is 300 g/mol. The lowest BCUT2D eigenvalue weighted by atomic mass is 10.1. The molecular formula is C12H11BrFNO2. The number of pyridine rings is 1. The van der Waals surface area contributed by atoms with Crippen molar-refractivity contribution in [3.63, 3.8) is 0 Å². The number of rotatable bonds is 1. The summed E-state index contributed by atoms with van der Waals surface area (Å²) in [7, 11) is 0. The second-order valence-electron chi connectivity index (χ2n) is 4.09. The summed E-state index contributed by atoms with van der Waals surface area (Å²) in [4.78, 5) is 11.8. The molecule has 90 valence electrons. The van der Waals surface area contributed by atoms with Gasteiger partial charge in [0.15, 0.2) is 5.75 Å². The van der Waals surface area contributed by atoms with Gasteiger partial charge < -0.3 is 9.67 Å². The summed E-state index contributed by atoms with van der Waals surface area (Å²) < 4.78 is 15.6. The summed E-state index contributed by atoms with van der Waals surface area (Å²) in [6.07, 6.45) is 0. The molecule has 0 spiro atoms. The SMILES string of the molecule is CC(C)n1c(=O)c(O)cc2c(F)c(Br)ccc21. The Morgan fingerprint density at radius 3 is 2.65 bits per heavy atom. The molecule has 0 bridgehead atoms. The molecule has 5 heteroatoms. The van der Waals surface area contributed by atoms with Crippen molar-refractivity contribution in [3.05, 3.63) is 38.8 Å². The molecule has 2 rings (SSSR count). The maximum absolute atomic E-state index is 13.9. The quantitative estimate of drug-likeness (QED) is 0.879. The van der Waals surface area contributed by atoms with Gasteiger partial charge >= 0.3 is 0 Å². The van der Waals surface area contributed by atoms with Crippen molar-refractivity contribution in [1.82, 2.24) is 4.57 Å². The van der Waals surface area contributed by atoms with Gasteiger partial charge in [-0.3, -0.25) is 4.79 Å². The van der Waals surface area contributed by atoms with Crippen LogP contribution in [0.2, 0.25) is 0 Å². The summed E-state index contributed by atoms with van der Waals surface area (Å²) in [5.41, 5.74) is -0.0299. The predicted octanol–water partition coefficient (Wildman–Crippen LogP) is 3.19. The molecule has 0 radical (unpaired) electrons. The zero-order valence-electron chi connectivity index (χ0n) is 9.37. The first-order valence-corrected chi connectivity index (χ1v) is 5.95. The first kappa shape index (κ1) is 12.1. The highest BCUT2D eigenvalue weighted by Crippen LogP contribution is 2.27. The minimum Gasteiger partial charge on any atom is -0.503 e. The molecule has 2 aromatic rings. The van der Waals surface area contributed by atoms with Crippen molar-refractivity contribution in [1.29, 1.82) is 0 Å². The second-order valence-corrected chi connectivity index (χ2v) is 4.95. The minimum absolute atomic E-state index is 0.155. The van der Waals surface area contributed by atoms with Crippen molar-refractivity contribution in [2.24, 2.45) is 0 Å². The van der Waals surface area contributed by atoms with Crippen LogP contribution in [-0.2, 0) is 0 Å². The maximum atomic E-state index is 13.9. The summed E-state index contributed by atoms with van der Waals surface area (Å²) in [5, 5.41) is 9.77. The topological polar surface area (TPSA) is 42.2 Å². The fourth-order valence-corrected chi connectivity index (χ4v) is 2.19. The average Bonchev–Trinajstić information content (AvgIpc) is 2.26. The van der Waals surface area contributed by atoms with Gasteiger partial charge in [-0.15, -0.1) is 0 Å². The Balaban J connectivity index is 3.02. The highest BCUT2D eigenvalue weighted by atomic mass is 79.9. The Labute approximate surface area is 106 Å². The smallest absolute Gasteiger partial charge is 0.293 e. The standard InChI is InChI=1S/C12H11BrFNO2/c1-6(2)15-9-4-3-8(13)11(14)7(9)5-10(16)12(15)17/h3-6,16H,1-2H3. The third kappa shape index (κ3) is 1.84. The van der Waals surface area contributed by atoms with Gasteiger partial charge in [0.2, 0.25) is 0 Å². The summed E-state index contributed by atoms with van der Waals surface area (Å²) in [6.45, 7) is 3.61. The number of nitrogens with zero attached hydrogens (tertiary/aromatic N) is 1. The third-order valence-corrected chi connectivity index (χ3v) is 3.22. The van der Waals surface area contributed by atoms with E-state index in [-0.39, 0.29) is 11.4 Å². The molecule has 3 nitrogen and oxygen atoms in total. The van der Waals surface area contributed by atoms with Crippen LogP contribution in [0.5, 0.6) is 5.75 Å². The molecule has 0 aliphatic carbocycles. The second kappa shape index (κ2) is 4.14. The van der Waals surface area contributed by atoms with E-state index in [1.165, 1.54) is 4.57 Å². The van der Waals surface area contributed by atoms with E-state index in [0.29, 0.717) is 9.99 Å². The number of benzene rings is 1. The molecular weight excluding hydrogens is 289 g/mol. The van der Waals surface area contributed by atoms with Crippen LogP contribution in [-0.4, -0.2) is 9.67 Å². The van der Waals surface area contributed by atoms with Crippen molar-refractivity contribution in [2.75, 3.05) is 0 Å². The fourth-order valence-electron chi connectivity index (χ4n) is 1.85. The molecule has 0 aliphatic heterocycles. The summed E-state index contributed by atoms with van der Waals surface area (Å²) in [5.74, 6) is -0.921. The number of aromatic nitrogens is 1. The van der Waals surface area contributed by atoms with E-state index in [1.807, 2.05) is 0 Å². The Kier molecular flexibility index (Phi) is 2.95. The molecule has 0 amide bonds. The first-order chi connectivity index (χ1) is 7.93. The summed E-state index contributed by atoms with van der Waals surface area (Å²) >= 11 is 3.08. The third-order valence-electron chi connectivity index (χ3n) is 2.60. The van der Waals surface area contributed by atoms with Crippen LogP contribution in [0.25, 0.3) is 10.9 Å². The number of aromatic hydroxyl groups is 1. The molecule has 0 saturated heterocycles. The number of halogens is 2. The van der Waals surface area contributed by atoms with Crippen LogP contribution in [0, 0.1) is 5.82 Å². The lowest BCUT2D eigenvalue weighted by Crippen LogP contribution is -2.22. The van der Waals surface area contributed by atoms with Gasteiger partial charge in [-0.05, 0) is 48.0 Å². The molecule has 0 saturated carbocycles. The molecule has 1 heterocycles. The predicted molar refractivity (Wildman–Crippen MR) is 67.9 cm³/mol. The fraction of sp³-hybridized carbons (Fsp3) is 0.250. The van der Waals surface area contributed by atoms with E-state index < -0.39 is 17.1 Å². The van der Waals surface area contributed by atoms with Crippen molar-refractivity contribution < 1.29 is 9.50 Å². The maximum Gasteiger partial charge on any atom is 0.293 e. The van der Waals surface area contributed by atoms with E-state index in [4.69, 9.17) is 0 Å². The van der Waals surface area contributed by atoms with E-state index in [0.717, 1.165) is 6.07 Å². The van der Waals surface area contributed by atoms with Gasteiger partial charge in [0.25, 0.3) is 5.56 Å². The van der Waals surface area contributed by atoms with Gasteiger partial charge in [-0.25, -0.2) is 4.39 Å². The molecule has 0 fully saturated rings. The normalized spacial score (nSPS) is 11.4. The highest BCUT2D eigenvalue weighted by molar-refractivity contribution is 9.10. The lowest BCUT2D eigenvalue weighted by Gasteiger charge is -2.15. The lowest BCUT2D eigenvalue weighted by molar-refractivity contribution is 0.453. The van der Waals surface area contributed by atoms with Crippen molar-refractivity contribution in [3.8, 4) is 5.75 Å². The molecule has 1 N–H and O–H groups in total. The molecule has 0 unspecified atom stereocenters. The molecule has 1 aromatic heterocycles. The first-order valence-electron chi connectivity index (χ1n) is 5.15. The van der Waals surface area contributed by atoms with Gasteiger partial charge in [0, 0.05) is 11.4 Å². The van der Waals surface area contributed by atoms with Crippen LogP contribution < -0.4 is 5.56 Å². The summed E-state index contributed by atoms with van der Waals surface area (Å²) in [6, 6.07) is 4.21. The van der Waals surface area contributed by atoms with Crippen LogP contribution in [0.15, 0.2) is 27.5 Å². The zero-order chi connectivity index (χ0) is 12.7. The minimum atomic E-state index is -0.505. The van der Waals surface area contributed by atoms with Crippen LogP contribution in [0.3, 0.4) is 0 Å². The number of hydrogen-bond donors (Lipinski definition) is 1. The molecule has 0 aliphatic rings. The highest BCUT2D eigenvalue weighted by Gasteiger charge is 2.14. The Morgan fingerprint density at radius 1 is 1.41 bits per heavy atom.